The molecule has 44 heavy (non-hydrogen) atoms. The summed E-state index contributed by atoms with van der Waals surface area (Å²) in [5.74, 6) is 2.75. The Labute approximate surface area is 265 Å². The summed E-state index contributed by atoms with van der Waals surface area (Å²) in [6.45, 7) is 8.41. The zero-order valence-electron chi connectivity index (χ0n) is 28.0. The number of methoxy groups -OCH3 is 1. The lowest BCUT2D eigenvalue weighted by Crippen LogP contribution is -2.49. The molecule has 3 saturated carbocycles. The van der Waals surface area contributed by atoms with Crippen molar-refractivity contribution in [2.75, 3.05) is 13.7 Å². The molecule has 1 aliphatic heterocycles. The fourth-order valence-electron chi connectivity index (χ4n) is 9.82. The van der Waals surface area contributed by atoms with Crippen LogP contribution in [0.5, 0.6) is 0 Å². The lowest BCUT2D eigenvalue weighted by Gasteiger charge is -2.45. The third kappa shape index (κ3) is 9.87. The molecule has 4 rings (SSSR count). The van der Waals surface area contributed by atoms with E-state index in [4.69, 9.17) is 19.9 Å². The minimum Gasteiger partial charge on any atom is -0.462 e. The van der Waals surface area contributed by atoms with Crippen LogP contribution in [0.3, 0.4) is 0 Å². The zero-order chi connectivity index (χ0) is 32.0. The highest BCUT2D eigenvalue weighted by molar-refractivity contribution is 5.66. The molecule has 0 amide bonds. The summed E-state index contributed by atoms with van der Waals surface area (Å²) >= 11 is 0. The van der Waals surface area contributed by atoms with Gasteiger partial charge >= 0.3 is 11.9 Å². The molecule has 9 nitrogen and oxygen atoms in total. The van der Waals surface area contributed by atoms with Crippen molar-refractivity contribution in [1.82, 2.24) is 5.32 Å². The van der Waals surface area contributed by atoms with Crippen molar-refractivity contribution in [2.24, 2.45) is 53.1 Å². The lowest BCUT2D eigenvalue weighted by molar-refractivity contribution is -0.158. The normalized spacial score (nSPS) is 39.5. The van der Waals surface area contributed by atoms with Crippen LogP contribution in [-0.2, 0) is 23.8 Å². The molecule has 13 atom stereocenters. The van der Waals surface area contributed by atoms with Gasteiger partial charge < -0.3 is 35.5 Å². The molecule has 0 aromatic heterocycles. The van der Waals surface area contributed by atoms with Gasteiger partial charge in [-0.05, 0) is 125 Å². The smallest absolute Gasteiger partial charge is 0.302 e. The van der Waals surface area contributed by atoms with Crippen LogP contribution in [0.4, 0.5) is 0 Å². The molecule has 4 fully saturated rings. The summed E-state index contributed by atoms with van der Waals surface area (Å²) in [6, 6.07) is 0. The monoisotopic (exact) mass is 622 g/mol. The molecule has 4 aliphatic rings. The van der Waals surface area contributed by atoms with E-state index >= 15 is 0 Å². The van der Waals surface area contributed by atoms with Crippen LogP contribution in [0.1, 0.15) is 111 Å². The van der Waals surface area contributed by atoms with Gasteiger partial charge in [0.1, 0.15) is 12.2 Å². The second-order valence-corrected chi connectivity index (χ2v) is 15.2. The van der Waals surface area contributed by atoms with Crippen LogP contribution in [-0.4, -0.2) is 72.5 Å². The molecule has 2 bridgehead atoms. The molecule has 0 aromatic carbocycles. The average molecular weight is 623 g/mol. The maximum absolute atomic E-state index is 12.4. The second-order valence-electron chi connectivity index (χ2n) is 15.2. The molecule has 3 aliphatic carbocycles. The first-order valence-electron chi connectivity index (χ1n) is 17.7. The number of fused-ring (bicyclic) bond motifs is 2. The van der Waals surface area contributed by atoms with Crippen molar-refractivity contribution in [3.05, 3.63) is 0 Å². The molecule has 1 saturated heterocycles. The lowest BCUT2D eigenvalue weighted by atomic mass is 9.63. The molecule has 1 heterocycles. The zero-order valence-corrected chi connectivity index (χ0v) is 28.0. The number of rotatable bonds is 11. The minimum atomic E-state index is -0.496. The topological polar surface area (TPSA) is 140 Å². The Balaban J connectivity index is 1.50. The number of aliphatic hydroxyl groups excluding tert-OH is 2. The van der Waals surface area contributed by atoms with E-state index < -0.39 is 24.4 Å². The maximum Gasteiger partial charge on any atom is 0.302 e. The van der Waals surface area contributed by atoms with E-state index in [0.717, 1.165) is 51.5 Å². The van der Waals surface area contributed by atoms with E-state index in [1.807, 2.05) is 0 Å². The van der Waals surface area contributed by atoms with Gasteiger partial charge in [-0.1, -0.05) is 20.3 Å². The molecular formula is C35H62N2O7. The molecule has 13 unspecified atom stereocenters. The van der Waals surface area contributed by atoms with E-state index in [0.29, 0.717) is 67.1 Å². The molecule has 0 spiro atoms. The van der Waals surface area contributed by atoms with Gasteiger partial charge in [0.25, 0.3) is 0 Å². The van der Waals surface area contributed by atoms with Gasteiger partial charge in [0, 0.05) is 27.4 Å². The van der Waals surface area contributed by atoms with Gasteiger partial charge in [-0.25, -0.2) is 0 Å². The third-order valence-corrected chi connectivity index (χ3v) is 11.8. The molecule has 0 radical (unpaired) electrons. The number of hydrogen-bond donors (Lipinski definition) is 4. The number of esters is 2. The Morgan fingerprint density at radius 2 is 1.66 bits per heavy atom. The largest absolute Gasteiger partial charge is 0.462 e. The van der Waals surface area contributed by atoms with Crippen LogP contribution in [0.2, 0.25) is 0 Å². The van der Waals surface area contributed by atoms with Crippen LogP contribution in [0.25, 0.3) is 0 Å². The minimum absolute atomic E-state index is 0.0175. The molecule has 0 aromatic rings. The van der Waals surface area contributed by atoms with Crippen molar-refractivity contribution in [3.8, 4) is 0 Å². The second kappa shape index (κ2) is 16.5. The van der Waals surface area contributed by atoms with Gasteiger partial charge in [0.05, 0.1) is 24.5 Å². The maximum atomic E-state index is 12.4. The SMILES string of the molecule is COC1CC(CCC(CC(OC(C)=O)C2CC(O)CC3CCC(C(C)C)C(C3)C2)OC(C)=O)C(C2CCNC(N)C2)CC1O. The van der Waals surface area contributed by atoms with Crippen molar-refractivity contribution in [2.45, 2.75) is 148 Å². The average Bonchev–Trinajstić information content (AvgIpc) is 2.94. The Kier molecular flexibility index (Phi) is 13.4. The summed E-state index contributed by atoms with van der Waals surface area (Å²) in [4.78, 5) is 24.8. The highest BCUT2D eigenvalue weighted by Crippen LogP contribution is 2.47. The van der Waals surface area contributed by atoms with Crippen LogP contribution >= 0.6 is 0 Å². The van der Waals surface area contributed by atoms with Crippen molar-refractivity contribution in [1.29, 1.82) is 0 Å². The highest BCUT2D eigenvalue weighted by Gasteiger charge is 2.43. The van der Waals surface area contributed by atoms with Crippen molar-refractivity contribution in [3.63, 3.8) is 0 Å². The third-order valence-electron chi connectivity index (χ3n) is 11.8. The summed E-state index contributed by atoms with van der Waals surface area (Å²) < 4.78 is 17.7. The molecule has 9 heteroatoms. The van der Waals surface area contributed by atoms with Crippen LogP contribution in [0.15, 0.2) is 0 Å². The van der Waals surface area contributed by atoms with E-state index in [1.54, 1.807) is 7.11 Å². The number of nitrogens with two attached hydrogens (primary N) is 1. The van der Waals surface area contributed by atoms with E-state index in [-0.39, 0.29) is 30.1 Å². The number of carbonyl (C=O) groups excluding carboxylic acids is 2. The summed E-state index contributed by atoms with van der Waals surface area (Å²) in [7, 11) is 1.67. The Hall–Kier alpha value is -1.26. The Morgan fingerprint density at radius 3 is 2.32 bits per heavy atom. The van der Waals surface area contributed by atoms with Crippen molar-refractivity contribution >= 4 is 11.9 Å². The Bertz CT molecular complexity index is 918. The van der Waals surface area contributed by atoms with E-state index in [1.165, 1.54) is 26.7 Å². The first kappa shape index (κ1) is 35.6. The van der Waals surface area contributed by atoms with Gasteiger partial charge in [-0.15, -0.1) is 0 Å². The number of nitrogens with one attached hydrogen (secondary N) is 1. The number of aliphatic hydroxyl groups is 2. The quantitative estimate of drug-likeness (QED) is 0.244. The van der Waals surface area contributed by atoms with Gasteiger partial charge in [0.15, 0.2) is 0 Å². The number of hydrogen-bond acceptors (Lipinski definition) is 9. The van der Waals surface area contributed by atoms with E-state index in [9.17, 15) is 19.8 Å². The first-order valence-corrected chi connectivity index (χ1v) is 17.7. The van der Waals surface area contributed by atoms with Crippen LogP contribution < -0.4 is 11.1 Å². The van der Waals surface area contributed by atoms with Gasteiger partial charge in [0.2, 0.25) is 0 Å². The molecule has 5 N–H and O–H groups in total. The predicted molar refractivity (Wildman–Crippen MR) is 169 cm³/mol. The number of piperidine rings is 1. The summed E-state index contributed by atoms with van der Waals surface area (Å²) in [5, 5.41) is 25.3. The highest BCUT2D eigenvalue weighted by atomic mass is 16.6. The Morgan fingerprint density at radius 1 is 0.909 bits per heavy atom. The van der Waals surface area contributed by atoms with E-state index in [2.05, 4.69) is 19.2 Å². The van der Waals surface area contributed by atoms with Gasteiger partial charge in [-0.3, -0.25) is 9.59 Å². The fraction of sp³-hybridized carbons (Fsp3) is 0.943. The summed E-state index contributed by atoms with van der Waals surface area (Å²) in [6.07, 6.45) is 9.18. The fourth-order valence-corrected chi connectivity index (χ4v) is 9.82. The number of carbonyl (C=O) groups is 2. The molecule has 254 valence electrons. The first-order chi connectivity index (χ1) is 20.9. The number of ether oxygens (including phenoxy) is 3. The predicted octanol–water partition coefficient (Wildman–Crippen LogP) is 4.56. The summed E-state index contributed by atoms with van der Waals surface area (Å²) in [5.41, 5.74) is 6.28. The van der Waals surface area contributed by atoms with Crippen molar-refractivity contribution < 1.29 is 34.0 Å². The molecular weight excluding hydrogens is 560 g/mol. The van der Waals surface area contributed by atoms with Crippen LogP contribution in [0, 0.1) is 47.3 Å². The van der Waals surface area contributed by atoms with Gasteiger partial charge in [-0.2, -0.15) is 0 Å². The standard InChI is InChI=1S/C35H62N2O7/c1-20(2)30-9-6-23-12-26(30)14-27(15-28(40)13-23)33(44-22(4)39)18-29(43-21(3)38)8-7-24-16-34(42-5)32(41)19-31(24)25-10-11-37-35(36)17-25/h20,23-35,37,40-41H,6-19,36H2,1-5H3.